The van der Waals surface area contributed by atoms with E-state index in [-0.39, 0.29) is 17.2 Å². The molecule has 1 aromatic carbocycles. The zero-order valence-electron chi connectivity index (χ0n) is 9.40. The second-order valence-corrected chi connectivity index (χ2v) is 3.53. The monoisotopic (exact) mass is 235 g/mol. The molecule has 17 heavy (non-hydrogen) atoms. The Hall–Kier alpha value is -2.17. The summed E-state index contributed by atoms with van der Waals surface area (Å²) in [6, 6.07) is 4.05. The van der Waals surface area contributed by atoms with Gasteiger partial charge in [0.1, 0.15) is 6.29 Å². The summed E-state index contributed by atoms with van der Waals surface area (Å²) in [5.74, 6) is -1.41. The van der Waals surface area contributed by atoms with Gasteiger partial charge in [0.15, 0.2) is 0 Å². The van der Waals surface area contributed by atoms with E-state index in [1.54, 1.807) is 0 Å². The van der Waals surface area contributed by atoms with Crippen molar-refractivity contribution in [1.82, 2.24) is 0 Å². The zero-order chi connectivity index (χ0) is 12.8. The van der Waals surface area contributed by atoms with Crippen LogP contribution in [-0.2, 0) is 4.79 Å². The molecule has 90 valence electrons. The Labute approximate surface area is 98.4 Å². The molecule has 2 N–H and O–H groups in total. The zero-order valence-corrected chi connectivity index (χ0v) is 9.40. The Kier molecular flexibility index (Phi) is 4.39. The fourth-order valence-corrected chi connectivity index (χ4v) is 1.36. The van der Waals surface area contributed by atoms with Crippen LogP contribution in [-0.4, -0.2) is 23.3 Å². The summed E-state index contributed by atoms with van der Waals surface area (Å²) in [4.78, 5) is 32.9. The molecule has 0 radical (unpaired) electrons. The molecule has 0 aliphatic rings. The molecule has 0 bridgehead atoms. The fourth-order valence-electron chi connectivity index (χ4n) is 1.36. The minimum Gasteiger partial charge on any atom is -0.478 e. The summed E-state index contributed by atoms with van der Waals surface area (Å²) < 4.78 is 0. The predicted octanol–water partition coefficient (Wildman–Crippen LogP) is 1.94. The molecular weight excluding hydrogens is 222 g/mol. The third-order valence-electron chi connectivity index (χ3n) is 2.16. The van der Waals surface area contributed by atoms with Crippen LogP contribution < -0.4 is 5.32 Å². The molecule has 0 unspecified atom stereocenters. The van der Waals surface area contributed by atoms with Crippen LogP contribution in [0.3, 0.4) is 0 Å². The highest BCUT2D eigenvalue weighted by Crippen LogP contribution is 2.17. The van der Waals surface area contributed by atoms with Gasteiger partial charge in [0, 0.05) is 12.0 Å². The summed E-state index contributed by atoms with van der Waals surface area (Å²) in [6.45, 7) is 1.85. The molecule has 5 nitrogen and oxygen atoms in total. The maximum absolute atomic E-state index is 11.4. The molecule has 1 aromatic rings. The Balaban J connectivity index is 3.04. The van der Waals surface area contributed by atoms with Gasteiger partial charge in [-0.3, -0.25) is 9.59 Å². The smallest absolute Gasteiger partial charge is 0.337 e. The predicted molar refractivity (Wildman–Crippen MR) is 62.3 cm³/mol. The number of carboxylic acids is 1. The largest absolute Gasteiger partial charge is 0.478 e. The van der Waals surface area contributed by atoms with Gasteiger partial charge in [-0.2, -0.15) is 0 Å². The summed E-state index contributed by atoms with van der Waals surface area (Å²) in [5, 5.41) is 11.4. The minimum absolute atomic E-state index is 0.0277. The van der Waals surface area contributed by atoms with Crippen molar-refractivity contribution in [3.8, 4) is 0 Å². The normalized spacial score (nSPS) is 9.71. The molecule has 5 heteroatoms. The van der Waals surface area contributed by atoms with Crippen LogP contribution in [0.15, 0.2) is 18.2 Å². The second-order valence-electron chi connectivity index (χ2n) is 3.53. The SMILES string of the molecule is CCCC(=O)Nc1cc(C=O)ccc1C(=O)O. The third kappa shape index (κ3) is 3.41. The molecule has 0 aliphatic carbocycles. The third-order valence-corrected chi connectivity index (χ3v) is 2.16. The summed E-state index contributed by atoms with van der Waals surface area (Å²) in [6.07, 6.45) is 1.58. The highest BCUT2D eigenvalue weighted by Gasteiger charge is 2.12. The van der Waals surface area contributed by atoms with Gasteiger partial charge < -0.3 is 10.4 Å². The maximum atomic E-state index is 11.4. The van der Waals surface area contributed by atoms with Crippen LogP contribution in [0.2, 0.25) is 0 Å². The molecule has 0 aromatic heterocycles. The van der Waals surface area contributed by atoms with Crippen molar-refractivity contribution in [3.05, 3.63) is 29.3 Å². The highest BCUT2D eigenvalue weighted by molar-refractivity contribution is 6.01. The van der Waals surface area contributed by atoms with Gasteiger partial charge in [0.2, 0.25) is 5.91 Å². The molecule has 0 saturated heterocycles. The number of anilines is 1. The highest BCUT2D eigenvalue weighted by atomic mass is 16.4. The van der Waals surface area contributed by atoms with Gasteiger partial charge in [0.05, 0.1) is 11.3 Å². The Morgan fingerprint density at radius 1 is 1.41 bits per heavy atom. The Morgan fingerprint density at radius 2 is 2.12 bits per heavy atom. The van der Waals surface area contributed by atoms with Crippen molar-refractivity contribution in [3.63, 3.8) is 0 Å². The van der Waals surface area contributed by atoms with Gasteiger partial charge in [0.25, 0.3) is 0 Å². The fraction of sp³-hybridized carbons (Fsp3) is 0.250. The van der Waals surface area contributed by atoms with Crippen LogP contribution >= 0.6 is 0 Å². The minimum atomic E-state index is -1.14. The number of rotatable bonds is 5. The van der Waals surface area contributed by atoms with E-state index in [1.165, 1.54) is 18.2 Å². The molecule has 1 amide bonds. The molecule has 0 fully saturated rings. The van der Waals surface area contributed by atoms with E-state index in [0.717, 1.165) is 0 Å². The molecule has 1 rings (SSSR count). The lowest BCUT2D eigenvalue weighted by Crippen LogP contribution is -2.14. The van der Waals surface area contributed by atoms with Crippen LogP contribution in [0.5, 0.6) is 0 Å². The standard InChI is InChI=1S/C12H13NO4/c1-2-3-11(15)13-10-6-8(7-14)4-5-9(10)12(16)17/h4-7H,2-3H2,1H3,(H,13,15)(H,16,17). The van der Waals surface area contributed by atoms with Crippen molar-refractivity contribution in [1.29, 1.82) is 0 Å². The number of hydrogen-bond acceptors (Lipinski definition) is 3. The van der Waals surface area contributed by atoms with Gasteiger partial charge in [-0.05, 0) is 18.6 Å². The van der Waals surface area contributed by atoms with E-state index in [9.17, 15) is 14.4 Å². The van der Waals surface area contributed by atoms with Crippen molar-refractivity contribution >= 4 is 23.9 Å². The topological polar surface area (TPSA) is 83.5 Å². The number of carbonyl (C=O) groups excluding carboxylic acids is 2. The van der Waals surface area contributed by atoms with E-state index in [2.05, 4.69) is 5.32 Å². The average molecular weight is 235 g/mol. The second kappa shape index (κ2) is 5.79. The lowest BCUT2D eigenvalue weighted by atomic mass is 10.1. The number of amides is 1. The van der Waals surface area contributed by atoms with Crippen LogP contribution in [0.1, 0.15) is 40.5 Å². The number of carboxylic acid groups (broad SMARTS) is 1. The number of aromatic carboxylic acids is 1. The van der Waals surface area contributed by atoms with Crippen molar-refractivity contribution in [2.24, 2.45) is 0 Å². The Morgan fingerprint density at radius 3 is 2.65 bits per heavy atom. The van der Waals surface area contributed by atoms with Crippen molar-refractivity contribution < 1.29 is 19.5 Å². The van der Waals surface area contributed by atoms with E-state index in [1.807, 2.05) is 6.92 Å². The average Bonchev–Trinajstić information content (AvgIpc) is 2.28. The van der Waals surface area contributed by atoms with E-state index in [4.69, 9.17) is 5.11 Å². The first-order valence-corrected chi connectivity index (χ1v) is 5.20. The summed E-state index contributed by atoms with van der Waals surface area (Å²) in [5.41, 5.74) is 0.447. The van der Waals surface area contributed by atoms with E-state index < -0.39 is 5.97 Å². The van der Waals surface area contributed by atoms with Crippen LogP contribution in [0, 0.1) is 0 Å². The number of nitrogens with one attached hydrogen (secondary N) is 1. The molecular formula is C12H13NO4. The molecule has 0 spiro atoms. The van der Waals surface area contributed by atoms with Gasteiger partial charge >= 0.3 is 5.97 Å². The molecule has 0 heterocycles. The maximum Gasteiger partial charge on any atom is 0.337 e. The lowest BCUT2D eigenvalue weighted by Gasteiger charge is -2.08. The molecule has 0 saturated carbocycles. The van der Waals surface area contributed by atoms with Gasteiger partial charge in [-0.25, -0.2) is 4.79 Å². The molecule has 0 atom stereocenters. The first-order valence-electron chi connectivity index (χ1n) is 5.20. The number of hydrogen-bond donors (Lipinski definition) is 2. The van der Waals surface area contributed by atoms with Crippen molar-refractivity contribution in [2.75, 3.05) is 5.32 Å². The lowest BCUT2D eigenvalue weighted by molar-refractivity contribution is -0.116. The summed E-state index contributed by atoms with van der Waals surface area (Å²) in [7, 11) is 0. The van der Waals surface area contributed by atoms with Crippen molar-refractivity contribution in [2.45, 2.75) is 19.8 Å². The summed E-state index contributed by atoms with van der Waals surface area (Å²) >= 11 is 0. The van der Waals surface area contributed by atoms with Gasteiger partial charge in [-0.1, -0.05) is 13.0 Å². The number of aldehydes is 1. The van der Waals surface area contributed by atoms with Gasteiger partial charge in [-0.15, -0.1) is 0 Å². The number of benzene rings is 1. The first-order chi connectivity index (χ1) is 8.08. The first kappa shape index (κ1) is 12.9. The molecule has 0 aliphatic heterocycles. The van der Waals surface area contributed by atoms with Crippen LogP contribution in [0.4, 0.5) is 5.69 Å². The number of carbonyl (C=O) groups is 3. The van der Waals surface area contributed by atoms with Crippen LogP contribution in [0.25, 0.3) is 0 Å². The quantitative estimate of drug-likeness (QED) is 0.764. The van der Waals surface area contributed by atoms with E-state index in [0.29, 0.717) is 24.7 Å². The van der Waals surface area contributed by atoms with E-state index >= 15 is 0 Å². The Bertz CT molecular complexity index is 454.